The summed E-state index contributed by atoms with van der Waals surface area (Å²) in [6.45, 7) is 2.37. The van der Waals surface area contributed by atoms with Gasteiger partial charge in [0.1, 0.15) is 5.75 Å². The number of benzene rings is 1. The van der Waals surface area contributed by atoms with Gasteiger partial charge in [-0.15, -0.1) is 11.6 Å². The van der Waals surface area contributed by atoms with Crippen LogP contribution in [-0.4, -0.2) is 18.4 Å². The van der Waals surface area contributed by atoms with Gasteiger partial charge in [-0.3, -0.25) is 4.79 Å². The maximum absolute atomic E-state index is 11.5. The van der Waals surface area contributed by atoms with Gasteiger partial charge < -0.3 is 10.1 Å². The average molecular weight is 256 g/mol. The van der Waals surface area contributed by atoms with E-state index < -0.39 is 0 Å². The Bertz CT molecular complexity index is 366. The van der Waals surface area contributed by atoms with Crippen molar-refractivity contribution in [2.75, 3.05) is 7.11 Å². The number of alkyl halides is 1. The smallest absolute Gasteiger partial charge is 0.220 e. The highest BCUT2D eigenvalue weighted by Gasteiger charge is 2.06. The van der Waals surface area contributed by atoms with Crippen molar-refractivity contribution >= 4 is 17.5 Å². The van der Waals surface area contributed by atoms with E-state index in [9.17, 15) is 4.79 Å². The van der Waals surface area contributed by atoms with Crippen LogP contribution in [0.3, 0.4) is 0 Å². The fourth-order valence-corrected chi connectivity index (χ4v) is 1.57. The summed E-state index contributed by atoms with van der Waals surface area (Å²) in [5, 5.41) is 2.89. The van der Waals surface area contributed by atoms with Crippen LogP contribution < -0.4 is 10.1 Å². The molecule has 1 aromatic carbocycles. The van der Waals surface area contributed by atoms with E-state index >= 15 is 0 Å². The van der Waals surface area contributed by atoms with Crippen molar-refractivity contribution in [3.05, 3.63) is 29.8 Å². The van der Waals surface area contributed by atoms with Gasteiger partial charge in [-0.2, -0.15) is 0 Å². The van der Waals surface area contributed by atoms with Gasteiger partial charge in [0.05, 0.1) is 7.11 Å². The van der Waals surface area contributed by atoms with Gasteiger partial charge in [0.15, 0.2) is 0 Å². The SMILES string of the molecule is COc1ccccc1CNC(=O)CCC(C)Cl. The maximum Gasteiger partial charge on any atom is 0.220 e. The van der Waals surface area contributed by atoms with E-state index in [0.717, 1.165) is 11.3 Å². The molecule has 1 amide bonds. The molecule has 4 heteroatoms. The van der Waals surface area contributed by atoms with E-state index in [4.69, 9.17) is 16.3 Å². The lowest BCUT2D eigenvalue weighted by Crippen LogP contribution is -2.23. The number of rotatable bonds is 6. The summed E-state index contributed by atoms with van der Waals surface area (Å²) in [4.78, 5) is 11.5. The molecule has 0 fully saturated rings. The Balaban J connectivity index is 2.42. The topological polar surface area (TPSA) is 38.3 Å². The van der Waals surface area contributed by atoms with Crippen LogP contribution in [0, 0.1) is 0 Å². The Morgan fingerprint density at radius 2 is 2.18 bits per heavy atom. The van der Waals surface area contributed by atoms with Crippen molar-refractivity contribution in [2.24, 2.45) is 0 Å². The molecule has 0 bridgehead atoms. The molecule has 94 valence electrons. The Kier molecular flexibility index (Phi) is 5.84. The Hall–Kier alpha value is -1.22. The molecule has 1 rings (SSSR count). The number of halogens is 1. The summed E-state index contributed by atoms with van der Waals surface area (Å²) in [5.74, 6) is 0.807. The van der Waals surface area contributed by atoms with Gasteiger partial charge in [-0.25, -0.2) is 0 Å². The monoisotopic (exact) mass is 255 g/mol. The molecule has 17 heavy (non-hydrogen) atoms. The minimum Gasteiger partial charge on any atom is -0.496 e. The second-order valence-electron chi connectivity index (χ2n) is 3.91. The number of para-hydroxylation sites is 1. The molecule has 1 aromatic rings. The second-order valence-corrected chi connectivity index (χ2v) is 4.65. The van der Waals surface area contributed by atoms with E-state index in [1.165, 1.54) is 0 Å². The number of carbonyl (C=O) groups is 1. The highest BCUT2D eigenvalue weighted by Crippen LogP contribution is 2.16. The summed E-state index contributed by atoms with van der Waals surface area (Å²) >= 11 is 5.79. The van der Waals surface area contributed by atoms with Gasteiger partial charge in [-0.05, 0) is 19.4 Å². The zero-order chi connectivity index (χ0) is 12.7. The summed E-state index contributed by atoms with van der Waals surface area (Å²) in [6.07, 6.45) is 1.15. The molecule has 0 aromatic heterocycles. The first-order valence-corrected chi connectivity index (χ1v) is 6.09. The third-order valence-electron chi connectivity index (χ3n) is 2.44. The minimum atomic E-state index is 0.0170. The molecule has 0 aliphatic heterocycles. The van der Waals surface area contributed by atoms with E-state index in [-0.39, 0.29) is 11.3 Å². The average Bonchev–Trinajstić information content (AvgIpc) is 2.34. The Labute approximate surface area is 107 Å². The van der Waals surface area contributed by atoms with E-state index in [1.54, 1.807) is 7.11 Å². The molecule has 0 saturated heterocycles. The highest BCUT2D eigenvalue weighted by molar-refractivity contribution is 6.20. The van der Waals surface area contributed by atoms with E-state index in [0.29, 0.717) is 19.4 Å². The number of nitrogens with one attached hydrogen (secondary N) is 1. The van der Waals surface area contributed by atoms with Crippen LogP contribution in [0.5, 0.6) is 5.75 Å². The number of methoxy groups -OCH3 is 1. The largest absolute Gasteiger partial charge is 0.496 e. The van der Waals surface area contributed by atoms with Crippen LogP contribution in [0.15, 0.2) is 24.3 Å². The Morgan fingerprint density at radius 1 is 1.47 bits per heavy atom. The summed E-state index contributed by atoms with van der Waals surface area (Å²) in [5.41, 5.74) is 0.974. The van der Waals surface area contributed by atoms with E-state index in [1.807, 2.05) is 31.2 Å². The van der Waals surface area contributed by atoms with Crippen molar-refractivity contribution in [1.82, 2.24) is 5.32 Å². The molecular weight excluding hydrogens is 238 g/mol. The van der Waals surface area contributed by atoms with Crippen LogP contribution in [-0.2, 0) is 11.3 Å². The number of hydrogen-bond acceptors (Lipinski definition) is 2. The van der Waals surface area contributed by atoms with Gasteiger partial charge in [0.2, 0.25) is 5.91 Å². The van der Waals surface area contributed by atoms with Crippen molar-refractivity contribution in [3.63, 3.8) is 0 Å². The number of amides is 1. The van der Waals surface area contributed by atoms with Crippen molar-refractivity contribution in [2.45, 2.75) is 31.7 Å². The van der Waals surface area contributed by atoms with Crippen molar-refractivity contribution in [3.8, 4) is 5.75 Å². The van der Waals surface area contributed by atoms with Crippen LogP contribution in [0.2, 0.25) is 0 Å². The van der Waals surface area contributed by atoms with Crippen LogP contribution >= 0.6 is 11.6 Å². The Morgan fingerprint density at radius 3 is 2.82 bits per heavy atom. The molecule has 3 nitrogen and oxygen atoms in total. The fourth-order valence-electron chi connectivity index (χ4n) is 1.46. The van der Waals surface area contributed by atoms with Crippen LogP contribution in [0.25, 0.3) is 0 Å². The third kappa shape index (κ3) is 5.09. The molecule has 1 unspecified atom stereocenters. The van der Waals surface area contributed by atoms with E-state index in [2.05, 4.69) is 5.32 Å². The van der Waals surface area contributed by atoms with Crippen molar-refractivity contribution < 1.29 is 9.53 Å². The number of carbonyl (C=O) groups excluding carboxylic acids is 1. The number of ether oxygens (including phenoxy) is 1. The summed E-state index contributed by atoms with van der Waals surface area (Å²) < 4.78 is 5.20. The summed E-state index contributed by atoms with van der Waals surface area (Å²) in [7, 11) is 1.62. The molecular formula is C13H18ClNO2. The lowest BCUT2D eigenvalue weighted by Gasteiger charge is -2.09. The second kappa shape index (κ2) is 7.17. The zero-order valence-electron chi connectivity index (χ0n) is 10.2. The zero-order valence-corrected chi connectivity index (χ0v) is 11.0. The van der Waals surface area contributed by atoms with Gasteiger partial charge in [0, 0.05) is 23.9 Å². The van der Waals surface area contributed by atoms with Gasteiger partial charge >= 0.3 is 0 Å². The molecule has 0 saturated carbocycles. The molecule has 0 heterocycles. The van der Waals surface area contributed by atoms with Gasteiger partial charge in [-0.1, -0.05) is 18.2 Å². The lowest BCUT2D eigenvalue weighted by atomic mass is 10.2. The standard InChI is InChI=1S/C13H18ClNO2/c1-10(14)7-8-13(16)15-9-11-5-3-4-6-12(11)17-2/h3-6,10H,7-9H2,1-2H3,(H,15,16). The van der Waals surface area contributed by atoms with Crippen molar-refractivity contribution in [1.29, 1.82) is 0 Å². The molecule has 0 aliphatic rings. The third-order valence-corrected chi connectivity index (χ3v) is 2.66. The predicted octanol–water partition coefficient (Wildman–Crippen LogP) is 2.72. The quantitative estimate of drug-likeness (QED) is 0.794. The molecule has 0 radical (unpaired) electrons. The van der Waals surface area contributed by atoms with Gasteiger partial charge in [0.25, 0.3) is 0 Å². The first-order chi connectivity index (χ1) is 8.13. The highest BCUT2D eigenvalue weighted by atomic mass is 35.5. The fraction of sp³-hybridized carbons (Fsp3) is 0.462. The predicted molar refractivity (Wildman–Crippen MR) is 69.4 cm³/mol. The minimum absolute atomic E-state index is 0.0170. The first kappa shape index (κ1) is 13.8. The number of hydrogen-bond donors (Lipinski definition) is 1. The molecule has 0 aliphatic carbocycles. The first-order valence-electron chi connectivity index (χ1n) is 5.66. The van der Waals surface area contributed by atoms with Crippen LogP contribution in [0.4, 0.5) is 0 Å². The lowest BCUT2D eigenvalue weighted by molar-refractivity contribution is -0.121. The molecule has 0 spiro atoms. The normalized spacial score (nSPS) is 11.9. The molecule has 1 atom stereocenters. The summed E-state index contributed by atoms with van der Waals surface area (Å²) in [6, 6.07) is 7.63. The van der Waals surface area contributed by atoms with Crippen LogP contribution in [0.1, 0.15) is 25.3 Å². The maximum atomic E-state index is 11.5. The molecule has 1 N–H and O–H groups in total.